The van der Waals surface area contributed by atoms with Gasteiger partial charge < -0.3 is 29.7 Å². The number of nitrogens with one attached hydrogen (secondary N) is 2. The zero-order chi connectivity index (χ0) is 20.4. The molecule has 9 heteroatoms. The quantitative estimate of drug-likeness (QED) is 0.170. The first-order chi connectivity index (χ1) is 13.6. The third-order valence-electron chi connectivity index (χ3n) is 4.61. The molecule has 0 aliphatic carbocycles. The van der Waals surface area contributed by atoms with Crippen LogP contribution in [0.3, 0.4) is 0 Å². The molecule has 0 radical (unpaired) electrons. The van der Waals surface area contributed by atoms with Crippen molar-refractivity contribution < 1.29 is 19.0 Å². The summed E-state index contributed by atoms with van der Waals surface area (Å²) in [5.74, 6) is 2.15. The minimum absolute atomic E-state index is 0. The highest BCUT2D eigenvalue weighted by Crippen LogP contribution is 2.30. The van der Waals surface area contributed by atoms with Crippen molar-refractivity contribution in [3.8, 4) is 11.5 Å². The zero-order valence-electron chi connectivity index (χ0n) is 17.7. The Bertz CT molecular complexity index is 650. The van der Waals surface area contributed by atoms with Crippen LogP contribution < -0.4 is 25.0 Å². The predicted molar refractivity (Wildman–Crippen MR) is 126 cm³/mol. The van der Waals surface area contributed by atoms with Crippen molar-refractivity contribution in [3.63, 3.8) is 0 Å². The number of ether oxygens (including phenoxy) is 3. The van der Waals surface area contributed by atoms with Crippen LogP contribution in [0.15, 0.2) is 23.2 Å². The number of halogens is 1. The normalized spacial score (nSPS) is 16.1. The van der Waals surface area contributed by atoms with E-state index in [4.69, 9.17) is 14.2 Å². The van der Waals surface area contributed by atoms with E-state index in [9.17, 15) is 4.79 Å². The lowest BCUT2D eigenvalue weighted by molar-refractivity contribution is -0.143. The molecule has 0 spiro atoms. The van der Waals surface area contributed by atoms with E-state index < -0.39 is 0 Å². The number of carbonyl (C=O) groups is 1. The summed E-state index contributed by atoms with van der Waals surface area (Å²) in [7, 11) is 5.06. The number of methoxy groups -OCH3 is 2. The SMILES string of the molecule is CCOC(=O)CCCNC(=NC)NC1CCN(c2cc(OC)cc(OC)c2)C1.I. The largest absolute Gasteiger partial charge is 0.497 e. The fourth-order valence-corrected chi connectivity index (χ4v) is 3.15. The minimum atomic E-state index is -0.160. The molecule has 1 aliphatic rings. The van der Waals surface area contributed by atoms with Gasteiger partial charge in [0.2, 0.25) is 0 Å². The lowest BCUT2D eigenvalue weighted by Crippen LogP contribution is -2.44. The summed E-state index contributed by atoms with van der Waals surface area (Å²) < 4.78 is 15.7. The molecule has 2 N–H and O–H groups in total. The zero-order valence-corrected chi connectivity index (χ0v) is 20.0. The molecule has 0 amide bonds. The predicted octanol–water partition coefficient (Wildman–Crippen LogP) is 2.41. The standard InChI is InChI=1S/C20H32N4O4.HI/c1-5-28-19(25)7-6-9-22-20(21-2)23-15-8-10-24(14-15)16-11-17(26-3)13-18(12-16)27-4;/h11-13,15H,5-10,14H2,1-4H3,(H2,21,22,23);1H. The Kier molecular flexibility index (Phi) is 11.6. The van der Waals surface area contributed by atoms with E-state index in [-0.39, 0.29) is 36.0 Å². The highest BCUT2D eigenvalue weighted by Gasteiger charge is 2.24. The molecule has 1 aliphatic heterocycles. The van der Waals surface area contributed by atoms with Crippen LogP contribution in [-0.2, 0) is 9.53 Å². The highest BCUT2D eigenvalue weighted by molar-refractivity contribution is 14.0. The summed E-state index contributed by atoms with van der Waals surface area (Å²) >= 11 is 0. The number of anilines is 1. The van der Waals surface area contributed by atoms with Gasteiger partial charge in [-0.15, -0.1) is 24.0 Å². The second-order valence-electron chi connectivity index (χ2n) is 6.55. The van der Waals surface area contributed by atoms with E-state index >= 15 is 0 Å². The van der Waals surface area contributed by atoms with Crippen LogP contribution in [0.4, 0.5) is 5.69 Å². The first kappa shape index (κ1) is 25.1. The second-order valence-corrected chi connectivity index (χ2v) is 6.55. The monoisotopic (exact) mass is 520 g/mol. The Balaban J connectivity index is 0.00000420. The van der Waals surface area contributed by atoms with Gasteiger partial charge in [0.15, 0.2) is 5.96 Å². The molecule has 1 atom stereocenters. The van der Waals surface area contributed by atoms with Crippen molar-refractivity contribution in [2.75, 3.05) is 52.4 Å². The Morgan fingerprint density at radius 2 is 1.93 bits per heavy atom. The van der Waals surface area contributed by atoms with Crippen molar-refractivity contribution in [1.29, 1.82) is 0 Å². The molecule has 1 aromatic carbocycles. The summed E-state index contributed by atoms with van der Waals surface area (Å²) in [6, 6.07) is 6.20. The average molecular weight is 520 g/mol. The molecule has 1 aromatic rings. The van der Waals surface area contributed by atoms with Crippen LogP contribution in [0.2, 0.25) is 0 Å². The molecular formula is C20H33IN4O4. The Labute approximate surface area is 190 Å². The van der Waals surface area contributed by atoms with E-state index in [1.54, 1.807) is 21.3 Å². The molecule has 1 unspecified atom stereocenters. The maximum Gasteiger partial charge on any atom is 0.305 e. The lowest BCUT2D eigenvalue weighted by atomic mass is 10.2. The fourth-order valence-electron chi connectivity index (χ4n) is 3.15. The van der Waals surface area contributed by atoms with Gasteiger partial charge in [0, 0.05) is 63.0 Å². The molecule has 164 valence electrons. The van der Waals surface area contributed by atoms with Crippen LogP contribution >= 0.6 is 24.0 Å². The third-order valence-corrected chi connectivity index (χ3v) is 4.61. The molecule has 8 nitrogen and oxygen atoms in total. The summed E-state index contributed by atoms with van der Waals surface area (Å²) in [6.07, 6.45) is 2.12. The van der Waals surface area contributed by atoms with Crippen LogP contribution in [-0.4, -0.2) is 65.5 Å². The van der Waals surface area contributed by atoms with E-state index in [0.717, 1.165) is 42.7 Å². The van der Waals surface area contributed by atoms with E-state index in [2.05, 4.69) is 20.5 Å². The minimum Gasteiger partial charge on any atom is -0.497 e. The smallest absolute Gasteiger partial charge is 0.305 e. The van der Waals surface area contributed by atoms with Crippen molar-refractivity contribution in [2.24, 2.45) is 4.99 Å². The fraction of sp³-hybridized carbons (Fsp3) is 0.600. The maximum absolute atomic E-state index is 11.4. The molecule has 29 heavy (non-hydrogen) atoms. The van der Waals surface area contributed by atoms with Gasteiger partial charge in [-0.1, -0.05) is 0 Å². The van der Waals surface area contributed by atoms with Crippen molar-refractivity contribution in [2.45, 2.75) is 32.2 Å². The topological polar surface area (TPSA) is 84.4 Å². The van der Waals surface area contributed by atoms with Gasteiger partial charge in [0.1, 0.15) is 11.5 Å². The summed E-state index contributed by atoms with van der Waals surface area (Å²) in [5.41, 5.74) is 1.08. The number of hydrogen-bond donors (Lipinski definition) is 2. The van der Waals surface area contributed by atoms with Crippen LogP contribution in [0.1, 0.15) is 26.2 Å². The first-order valence-corrected chi connectivity index (χ1v) is 9.70. The number of aliphatic imine (C=N–C) groups is 1. The van der Waals surface area contributed by atoms with Gasteiger partial charge in [0.05, 0.1) is 20.8 Å². The van der Waals surface area contributed by atoms with Gasteiger partial charge in [0.25, 0.3) is 0 Å². The molecule has 1 saturated heterocycles. The van der Waals surface area contributed by atoms with Crippen molar-refractivity contribution in [1.82, 2.24) is 10.6 Å². The number of carbonyl (C=O) groups excluding carboxylic acids is 1. The molecule has 1 fully saturated rings. The molecular weight excluding hydrogens is 487 g/mol. The number of guanidine groups is 1. The van der Waals surface area contributed by atoms with Crippen molar-refractivity contribution in [3.05, 3.63) is 18.2 Å². The molecule has 0 aromatic heterocycles. The number of nitrogens with zero attached hydrogens (tertiary/aromatic N) is 2. The van der Waals surface area contributed by atoms with Crippen LogP contribution in [0, 0.1) is 0 Å². The maximum atomic E-state index is 11.4. The van der Waals surface area contributed by atoms with Gasteiger partial charge in [-0.2, -0.15) is 0 Å². The lowest BCUT2D eigenvalue weighted by Gasteiger charge is -2.21. The summed E-state index contributed by atoms with van der Waals surface area (Å²) in [5, 5.41) is 6.71. The van der Waals surface area contributed by atoms with Gasteiger partial charge in [-0.05, 0) is 19.8 Å². The van der Waals surface area contributed by atoms with Gasteiger partial charge in [-0.25, -0.2) is 0 Å². The van der Waals surface area contributed by atoms with Crippen LogP contribution in [0.5, 0.6) is 11.5 Å². The number of rotatable bonds is 9. The van der Waals surface area contributed by atoms with E-state index in [0.29, 0.717) is 26.0 Å². The first-order valence-electron chi connectivity index (χ1n) is 9.70. The Morgan fingerprint density at radius 1 is 1.24 bits per heavy atom. The number of esters is 1. The van der Waals surface area contributed by atoms with Crippen LogP contribution in [0.25, 0.3) is 0 Å². The van der Waals surface area contributed by atoms with Crippen molar-refractivity contribution >= 4 is 41.6 Å². The molecule has 2 rings (SSSR count). The number of hydrogen-bond acceptors (Lipinski definition) is 6. The number of benzene rings is 1. The van der Waals surface area contributed by atoms with E-state index in [1.165, 1.54) is 0 Å². The second kappa shape index (κ2) is 13.3. The third kappa shape index (κ3) is 8.15. The van der Waals surface area contributed by atoms with Gasteiger partial charge in [-0.3, -0.25) is 9.79 Å². The molecule has 0 bridgehead atoms. The Morgan fingerprint density at radius 3 is 2.52 bits per heavy atom. The average Bonchev–Trinajstić information content (AvgIpc) is 3.18. The van der Waals surface area contributed by atoms with E-state index in [1.807, 2.05) is 25.1 Å². The Hall–Kier alpha value is -1.91. The summed E-state index contributed by atoms with van der Waals surface area (Å²) in [4.78, 5) is 18.0. The molecule has 0 saturated carbocycles. The highest BCUT2D eigenvalue weighted by atomic mass is 127. The summed E-state index contributed by atoms with van der Waals surface area (Å²) in [6.45, 7) is 4.71. The molecule has 1 heterocycles. The van der Waals surface area contributed by atoms with Gasteiger partial charge >= 0.3 is 5.97 Å².